The average Bonchev–Trinajstić information content (AvgIpc) is 2.67. The highest BCUT2D eigenvalue weighted by Crippen LogP contribution is 2.58. The first-order valence-corrected chi connectivity index (χ1v) is 6.04. The Kier molecular flexibility index (Phi) is 2.91. The molecule has 2 fully saturated rings. The molecule has 16 heavy (non-hydrogen) atoms. The number of rotatable bonds is 4. The third-order valence-corrected chi connectivity index (χ3v) is 3.90. The lowest BCUT2D eigenvalue weighted by Gasteiger charge is -2.25. The van der Waals surface area contributed by atoms with Crippen molar-refractivity contribution in [1.29, 1.82) is 0 Å². The third kappa shape index (κ3) is 1.93. The Hall–Kier alpha value is -1.06. The number of hydrogen-bond donors (Lipinski definition) is 1. The summed E-state index contributed by atoms with van der Waals surface area (Å²) in [6, 6.07) is -0.0232. The standard InChI is InChI=1S/C12H19NO3/c1-7(2)13(6-10(14)15)12(16)11-8-4-3-5-9(8)11/h7-9,11H,3-6H2,1-2H3,(H,14,15). The minimum Gasteiger partial charge on any atom is -0.480 e. The number of carbonyl (C=O) groups is 2. The largest absolute Gasteiger partial charge is 0.480 e. The van der Waals surface area contributed by atoms with Crippen LogP contribution in [0.4, 0.5) is 0 Å². The SMILES string of the molecule is CC(C)N(CC(=O)O)C(=O)C1C2CCCC21. The highest BCUT2D eigenvalue weighted by atomic mass is 16.4. The van der Waals surface area contributed by atoms with E-state index in [1.165, 1.54) is 11.3 Å². The van der Waals surface area contributed by atoms with Crippen LogP contribution in [0.25, 0.3) is 0 Å². The minimum atomic E-state index is -0.923. The zero-order valence-electron chi connectivity index (χ0n) is 9.85. The topological polar surface area (TPSA) is 57.6 Å². The van der Waals surface area contributed by atoms with Gasteiger partial charge in [0.05, 0.1) is 0 Å². The van der Waals surface area contributed by atoms with Crippen molar-refractivity contribution in [1.82, 2.24) is 4.90 Å². The Labute approximate surface area is 95.6 Å². The number of carboxylic acid groups (broad SMARTS) is 1. The van der Waals surface area contributed by atoms with Gasteiger partial charge in [-0.05, 0) is 38.5 Å². The monoisotopic (exact) mass is 225 g/mol. The summed E-state index contributed by atoms with van der Waals surface area (Å²) in [6.07, 6.45) is 3.54. The number of aliphatic carboxylic acids is 1. The fourth-order valence-corrected chi connectivity index (χ4v) is 3.04. The molecule has 2 rings (SSSR count). The number of nitrogens with zero attached hydrogens (tertiary/aromatic N) is 1. The summed E-state index contributed by atoms with van der Waals surface area (Å²) in [7, 11) is 0. The summed E-state index contributed by atoms with van der Waals surface area (Å²) in [5, 5.41) is 8.79. The predicted molar refractivity (Wildman–Crippen MR) is 58.8 cm³/mol. The second-order valence-corrected chi connectivity index (χ2v) is 5.24. The summed E-state index contributed by atoms with van der Waals surface area (Å²) in [5.41, 5.74) is 0. The third-order valence-electron chi connectivity index (χ3n) is 3.90. The van der Waals surface area contributed by atoms with E-state index >= 15 is 0 Å². The average molecular weight is 225 g/mol. The van der Waals surface area contributed by atoms with Gasteiger partial charge in [-0.25, -0.2) is 0 Å². The molecule has 0 bridgehead atoms. The first-order valence-electron chi connectivity index (χ1n) is 6.04. The molecule has 0 saturated heterocycles. The predicted octanol–water partition coefficient (Wildman–Crippen LogP) is 1.35. The van der Waals surface area contributed by atoms with Gasteiger partial charge in [-0.2, -0.15) is 0 Å². The van der Waals surface area contributed by atoms with Gasteiger partial charge in [0.2, 0.25) is 5.91 Å². The van der Waals surface area contributed by atoms with Gasteiger partial charge in [0.25, 0.3) is 0 Å². The Bertz CT molecular complexity index is 303. The minimum absolute atomic E-state index is 0.0232. The Morgan fingerprint density at radius 2 is 1.88 bits per heavy atom. The summed E-state index contributed by atoms with van der Waals surface area (Å²) < 4.78 is 0. The van der Waals surface area contributed by atoms with Crippen molar-refractivity contribution in [3.63, 3.8) is 0 Å². The normalized spacial score (nSPS) is 31.3. The molecule has 90 valence electrons. The van der Waals surface area contributed by atoms with E-state index in [-0.39, 0.29) is 24.4 Å². The second kappa shape index (κ2) is 4.07. The van der Waals surface area contributed by atoms with Crippen LogP contribution in [-0.2, 0) is 9.59 Å². The van der Waals surface area contributed by atoms with Crippen LogP contribution < -0.4 is 0 Å². The molecule has 2 saturated carbocycles. The van der Waals surface area contributed by atoms with E-state index in [0.29, 0.717) is 11.8 Å². The first kappa shape index (κ1) is 11.4. The van der Waals surface area contributed by atoms with Crippen LogP contribution in [0.3, 0.4) is 0 Å². The number of carboxylic acids is 1. The Morgan fingerprint density at radius 3 is 2.31 bits per heavy atom. The van der Waals surface area contributed by atoms with Crippen molar-refractivity contribution < 1.29 is 14.7 Å². The molecular formula is C12H19NO3. The molecule has 1 amide bonds. The van der Waals surface area contributed by atoms with Gasteiger partial charge in [-0.15, -0.1) is 0 Å². The van der Waals surface area contributed by atoms with Crippen LogP contribution in [0.1, 0.15) is 33.1 Å². The second-order valence-electron chi connectivity index (χ2n) is 5.24. The highest BCUT2D eigenvalue weighted by Gasteiger charge is 2.57. The van der Waals surface area contributed by atoms with Crippen molar-refractivity contribution in [3.05, 3.63) is 0 Å². The van der Waals surface area contributed by atoms with Crippen LogP contribution >= 0.6 is 0 Å². The molecule has 2 aliphatic rings. The molecule has 4 nitrogen and oxygen atoms in total. The van der Waals surface area contributed by atoms with Gasteiger partial charge in [0.15, 0.2) is 0 Å². The van der Waals surface area contributed by atoms with E-state index < -0.39 is 5.97 Å². The molecule has 0 radical (unpaired) electrons. The van der Waals surface area contributed by atoms with E-state index in [9.17, 15) is 9.59 Å². The number of fused-ring (bicyclic) bond motifs is 1. The molecule has 0 heterocycles. The maximum Gasteiger partial charge on any atom is 0.323 e. The highest BCUT2D eigenvalue weighted by molar-refractivity contribution is 5.86. The lowest BCUT2D eigenvalue weighted by atomic mass is 10.1. The van der Waals surface area contributed by atoms with Crippen molar-refractivity contribution in [2.45, 2.75) is 39.2 Å². The van der Waals surface area contributed by atoms with Gasteiger partial charge >= 0.3 is 5.97 Å². The van der Waals surface area contributed by atoms with Gasteiger partial charge in [-0.3, -0.25) is 9.59 Å². The van der Waals surface area contributed by atoms with Crippen molar-refractivity contribution in [2.24, 2.45) is 17.8 Å². The van der Waals surface area contributed by atoms with E-state index in [2.05, 4.69) is 0 Å². The van der Waals surface area contributed by atoms with E-state index in [1.807, 2.05) is 13.8 Å². The van der Waals surface area contributed by atoms with Crippen LogP contribution in [0.2, 0.25) is 0 Å². The summed E-state index contributed by atoms with van der Waals surface area (Å²) in [4.78, 5) is 24.4. The van der Waals surface area contributed by atoms with Gasteiger partial charge in [-0.1, -0.05) is 6.42 Å². The maximum absolute atomic E-state index is 12.2. The van der Waals surface area contributed by atoms with Crippen LogP contribution in [-0.4, -0.2) is 34.5 Å². The molecule has 1 N–H and O–H groups in total. The smallest absolute Gasteiger partial charge is 0.323 e. The summed E-state index contributed by atoms with van der Waals surface area (Å²) >= 11 is 0. The van der Waals surface area contributed by atoms with Gasteiger partial charge in [0.1, 0.15) is 6.54 Å². The van der Waals surface area contributed by atoms with Crippen molar-refractivity contribution in [2.75, 3.05) is 6.54 Å². The quantitative estimate of drug-likeness (QED) is 0.785. The molecule has 0 aliphatic heterocycles. The van der Waals surface area contributed by atoms with Crippen LogP contribution in [0.5, 0.6) is 0 Å². The fourth-order valence-electron chi connectivity index (χ4n) is 3.04. The number of amides is 1. The van der Waals surface area contributed by atoms with Crippen LogP contribution in [0, 0.1) is 17.8 Å². The van der Waals surface area contributed by atoms with Crippen molar-refractivity contribution in [3.8, 4) is 0 Å². The van der Waals surface area contributed by atoms with E-state index in [1.54, 1.807) is 0 Å². The maximum atomic E-state index is 12.2. The lowest BCUT2D eigenvalue weighted by molar-refractivity contribution is -0.146. The molecule has 2 aliphatic carbocycles. The molecule has 2 unspecified atom stereocenters. The summed E-state index contributed by atoms with van der Waals surface area (Å²) in [6.45, 7) is 3.59. The summed E-state index contributed by atoms with van der Waals surface area (Å²) in [5.74, 6) is 0.389. The van der Waals surface area contributed by atoms with Crippen molar-refractivity contribution >= 4 is 11.9 Å². The number of carbonyl (C=O) groups excluding carboxylic acids is 1. The lowest BCUT2D eigenvalue weighted by Crippen LogP contribution is -2.42. The molecular weight excluding hydrogens is 206 g/mol. The Balaban J connectivity index is 1.98. The van der Waals surface area contributed by atoms with Gasteiger partial charge in [0, 0.05) is 12.0 Å². The molecule has 0 aromatic carbocycles. The molecule has 4 heteroatoms. The number of hydrogen-bond acceptors (Lipinski definition) is 2. The zero-order valence-corrected chi connectivity index (χ0v) is 9.85. The molecule has 0 aromatic heterocycles. The van der Waals surface area contributed by atoms with E-state index in [0.717, 1.165) is 12.8 Å². The van der Waals surface area contributed by atoms with Crippen LogP contribution in [0.15, 0.2) is 0 Å². The zero-order chi connectivity index (χ0) is 11.9. The Morgan fingerprint density at radius 1 is 1.31 bits per heavy atom. The molecule has 0 spiro atoms. The van der Waals surface area contributed by atoms with Gasteiger partial charge < -0.3 is 10.0 Å². The molecule has 0 aromatic rings. The molecule has 2 atom stereocenters. The van der Waals surface area contributed by atoms with E-state index in [4.69, 9.17) is 5.11 Å². The fraction of sp³-hybridized carbons (Fsp3) is 0.833. The first-order chi connectivity index (χ1) is 7.52.